The van der Waals surface area contributed by atoms with E-state index in [0.717, 1.165) is 16.7 Å². The molecule has 0 aliphatic carbocycles. The molecule has 3 aromatic rings. The lowest BCUT2D eigenvalue weighted by molar-refractivity contribution is -0.141. The van der Waals surface area contributed by atoms with Crippen LogP contribution in [-0.4, -0.2) is 37.5 Å². The van der Waals surface area contributed by atoms with Crippen LogP contribution in [0.2, 0.25) is 5.02 Å². The van der Waals surface area contributed by atoms with E-state index in [1.807, 2.05) is 62.4 Å². The molecule has 6 nitrogen and oxygen atoms in total. The third-order valence-corrected chi connectivity index (χ3v) is 6.00. The quantitative estimate of drug-likeness (QED) is 0.374. The molecule has 0 aliphatic heterocycles. The zero-order valence-electron chi connectivity index (χ0n) is 21.2. The zero-order chi connectivity index (χ0) is 26.1. The molecule has 2 amide bonds. The molecule has 1 N–H and O–H groups in total. The number of amides is 2. The van der Waals surface area contributed by atoms with E-state index in [2.05, 4.69) is 5.32 Å². The molecular formula is C29H33ClN2O4. The zero-order valence-corrected chi connectivity index (χ0v) is 21.9. The first kappa shape index (κ1) is 27.1. The first-order valence-corrected chi connectivity index (χ1v) is 12.3. The Morgan fingerprint density at radius 1 is 0.889 bits per heavy atom. The van der Waals surface area contributed by atoms with Crippen LogP contribution in [0.4, 0.5) is 0 Å². The Kier molecular flexibility index (Phi) is 9.77. The Hall–Kier alpha value is -3.51. The van der Waals surface area contributed by atoms with Crippen molar-refractivity contribution in [2.75, 3.05) is 20.8 Å². The fourth-order valence-corrected chi connectivity index (χ4v) is 4.01. The van der Waals surface area contributed by atoms with E-state index in [-0.39, 0.29) is 30.7 Å². The van der Waals surface area contributed by atoms with Gasteiger partial charge in [-0.15, -0.1) is 0 Å². The van der Waals surface area contributed by atoms with Crippen LogP contribution < -0.4 is 14.8 Å². The number of halogens is 1. The van der Waals surface area contributed by atoms with E-state index < -0.39 is 6.04 Å². The Morgan fingerprint density at radius 2 is 1.53 bits per heavy atom. The highest BCUT2D eigenvalue weighted by atomic mass is 35.5. The largest absolute Gasteiger partial charge is 0.493 e. The molecule has 0 aliphatic rings. The van der Waals surface area contributed by atoms with Gasteiger partial charge in [-0.2, -0.15) is 0 Å². The molecule has 3 aromatic carbocycles. The topological polar surface area (TPSA) is 67.9 Å². The molecule has 1 atom stereocenters. The molecule has 0 saturated heterocycles. The standard InChI is InChI=1S/C29H33ClN2O4/c1-20(2)18-31-29(34)28(23-8-6-5-7-9-23)32(19-21-10-13-24(30)14-11-21)27(33)17-22-12-15-25(35-3)26(16-22)36-4/h5-16,20,28H,17-19H2,1-4H3,(H,31,34)/t28-/m0/s1. The molecule has 7 heteroatoms. The SMILES string of the molecule is COc1ccc(CC(=O)N(Cc2ccc(Cl)cc2)[C@H](C(=O)NCC(C)C)c2ccccc2)cc1OC. The van der Waals surface area contributed by atoms with Crippen molar-refractivity contribution in [3.63, 3.8) is 0 Å². The van der Waals surface area contributed by atoms with Crippen LogP contribution in [0.15, 0.2) is 72.8 Å². The van der Waals surface area contributed by atoms with Crippen molar-refractivity contribution < 1.29 is 19.1 Å². The second-order valence-corrected chi connectivity index (χ2v) is 9.40. The highest BCUT2D eigenvalue weighted by Crippen LogP contribution is 2.29. The van der Waals surface area contributed by atoms with Crippen molar-refractivity contribution in [1.82, 2.24) is 10.2 Å². The van der Waals surface area contributed by atoms with Crippen molar-refractivity contribution in [3.05, 3.63) is 94.5 Å². The predicted molar refractivity (Wildman–Crippen MR) is 142 cm³/mol. The van der Waals surface area contributed by atoms with Crippen LogP contribution in [0, 0.1) is 5.92 Å². The van der Waals surface area contributed by atoms with Gasteiger partial charge in [0.15, 0.2) is 11.5 Å². The number of hydrogen-bond donors (Lipinski definition) is 1. The van der Waals surface area contributed by atoms with Gasteiger partial charge >= 0.3 is 0 Å². The number of rotatable bonds is 11. The Bertz CT molecular complexity index is 1150. The molecule has 0 radical (unpaired) electrons. The van der Waals surface area contributed by atoms with Crippen molar-refractivity contribution in [1.29, 1.82) is 0 Å². The summed E-state index contributed by atoms with van der Waals surface area (Å²) < 4.78 is 10.7. The van der Waals surface area contributed by atoms with Crippen LogP contribution in [0.1, 0.15) is 36.6 Å². The van der Waals surface area contributed by atoms with Gasteiger partial charge in [0.25, 0.3) is 0 Å². The summed E-state index contributed by atoms with van der Waals surface area (Å²) in [5.41, 5.74) is 2.37. The summed E-state index contributed by atoms with van der Waals surface area (Å²) in [6.07, 6.45) is 0.0920. The van der Waals surface area contributed by atoms with E-state index in [1.165, 1.54) is 0 Å². The monoisotopic (exact) mass is 508 g/mol. The minimum Gasteiger partial charge on any atom is -0.493 e. The molecule has 3 rings (SSSR count). The highest BCUT2D eigenvalue weighted by Gasteiger charge is 2.31. The normalized spacial score (nSPS) is 11.6. The van der Waals surface area contributed by atoms with Crippen LogP contribution in [0.3, 0.4) is 0 Å². The average Bonchev–Trinajstić information content (AvgIpc) is 2.88. The van der Waals surface area contributed by atoms with Gasteiger partial charge in [-0.05, 0) is 46.9 Å². The number of hydrogen-bond acceptors (Lipinski definition) is 4. The summed E-state index contributed by atoms with van der Waals surface area (Å²) in [5.74, 6) is 0.996. The molecule has 0 aromatic heterocycles. The number of ether oxygens (including phenoxy) is 2. The first-order chi connectivity index (χ1) is 17.3. The Morgan fingerprint density at radius 3 is 2.14 bits per heavy atom. The molecule has 0 unspecified atom stereocenters. The van der Waals surface area contributed by atoms with Crippen LogP contribution in [0.5, 0.6) is 11.5 Å². The van der Waals surface area contributed by atoms with Gasteiger partial charge in [-0.25, -0.2) is 0 Å². The minimum absolute atomic E-state index is 0.0920. The lowest BCUT2D eigenvalue weighted by Gasteiger charge is -2.32. The number of methoxy groups -OCH3 is 2. The Labute approximate surface area is 218 Å². The predicted octanol–water partition coefficient (Wildman–Crippen LogP) is 5.44. The number of nitrogens with zero attached hydrogens (tertiary/aromatic N) is 1. The van der Waals surface area contributed by atoms with E-state index >= 15 is 0 Å². The van der Waals surface area contributed by atoms with E-state index in [1.54, 1.807) is 43.4 Å². The smallest absolute Gasteiger partial charge is 0.247 e. The van der Waals surface area contributed by atoms with Gasteiger partial charge in [0, 0.05) is 18.1 Å². The molecule has 0 saturated carbocycles. The van der Waals surface area contributed by atoms with E-state index in [0.29, 0.717) is 23.1 Å². The number of nitrogens with one attached hydrogen (secondary N) is 1. The van der Waals surface area contributed by atoms with E-state index in [9.17, 15) is 9.59 Å². The van der Waals surface area contributed by atoms with Crippen molar-refractivity contribution >= 4 is 23.4 Å². The van der Waals surface area contributed by atoms with Crippen LogP contribution in [-0.2, 0) is 22.6 Å². The fourth-order valence-electron chi connectivity index (χ4n) is 3.89. The summed E-state index contributed by atoms with van der Waals surface area (Å²) in [6.45, 7) is 4.83. The summed E-state index contributed by atoms with van der Waals surface area (Å²) in [4.78, 5) is 29.0. The van der Waals surface area contributed by atoms with Gasteiger partial charge in [0.1, 0.15) is 6.04 Å². The van der Waals surface area contributed by atoms with Gasteiger partial charge < -0.3 is 19.7 Å². The Balaban J connectivity index is 2.00. The highest BCUT2D eigenvalue weighted by molar-refractivity contribution is 6.30. The third kappa shape index (κ3) is 7.25. The molecule has 0 spiro atoms. The third-order valence-electron chi connectivity index (χ3n) is 5.75. The van der Waals surface area contributed by atoms with Gasteiger partial charge in [-0.1, -0.05) is 74.0 Å². The second kappa shape index (κ2) is 13.0. The van der Waals surface area contributed by atoms with Gasteiger partial charge in [-0.3, -0.25) is 9.59 Å². The lowest BCUT2D eigenvalue weighted by atomic mass is 10.0. The summed E-state index contributed by atoms with van der Waals surface area (Å²) in [5, 5.41) is 3.63. The van der Waals surface area contributed by atoms with Gasteiger partial charge in [0.05, 0.1) is 20.6 Å². The lowest BCUT2D eigenvalue weighted by Crippen LogP contribution is -2.44. The van der Waals surface area contributed by atoms with Crippen molar-refractivity contribution in [2.45, 2.75) is 32.9 Å². The van der Waals surface area contributed by atoms with Crippen molar-refractivity contribution in [2.24, 2.45) is 5.92 Å². The maximum absolute atomic E-state index is 13.8. The number of carbonyl (C=O) groups excluding carboxylic acids is 2. The minimum atomic E-state index is -0.798. The van der Waals surface area contributed by atoms with Gasteiger partial charge in [0.2, 0.25) is 11.8 Å². The molecular weight excluding hydrogens is 476 g/mol. The van der Waals surface area contributed by atoms with Crippen molar-refractivity contribution in [3.8, 4) is 11.5 Å². The molecule has 0 heterocycles. The van der Waals surface area contributed by atoms with Crippen LogP contribution in [0.25, 0.3) is 0 Å². The van der Waals surface area contributed by atoms with E-state index in [4.69, 9.17) is 21.1 Å². The average molecular weight is 509 g/mol. The number of carbonyl (C=O) groups is 2. The molecule has 36 heavy (non-hydrogen) atoms. The maximum atomic E-state index is 13.8. The summed E-state index contributed by atoms with van der Waals surface area (Å²) >= 11 is 6.08. The molecule has 0 bridgehead atoms. The summed E-state index contributed by atoms with van der Waals surface area (Å²) in [6, 6.07) is 21.3. The summed E-state index contributed by atoms with van der Waals surface area (Å²) in [7, 11) is 3.12. The molecule has 190 valence electrons. The first-order valence-electron chi connectivity index (χ1n) is 11.9. The fraction of sp³-hybridized carbons (Fsp3) is 0.310. The number of benzene rings is 3. The maximum Gasteiger partial charge on any atom is 0.247 e. The molecule has 0 fully saturated rings. The second-order valence-electron chi connectivity index (χ2n) is 8.97. The van der Waals surface area contributed by atoms with Crippen LogP contribution >= 0.6 is 11.6 Å².